The maximum atomic E-state index is 13.0. The van der Waals surface area contributed by atoms with Crippen LogP contribution >= 0.6 is 11.3 Å². The molecule has 5 heteroatoms. The van der Waals surface area contributed by atoms with E-state index in [0.29, 0.717) is 10.4 Å². The number of fused-ring (bicyclic) bond motifs is 3. The molecule has 4 nitrogen and oxygen atoms in total. The van der Waals surface area contributed by atoms with Gasteiger partial charge >= 0.3 is 5.97 Å². The molecule has 0 aliphatic heterocycles. The van der Waals surface area contributed by atoms with Crippen LogP contribution < -0.4 is 0 Å². The number of esters is 1. The van der Waals surface area contributed by atoms with Crippen molar-refractivity contribution in [2.45, 2.75) is 0 Å². The van der Waals surface area contributed by atoms with Gasteiger partial charge in [-0.1, -0.05) is 36.4 Å². The minimum atomic E-state index is -0.390. The molecule has 0 atom stereocenters. The van der Waals surface area contributed by atoms with Crippen molar-refractivity contribution in [3.8, 4) is 0 Å². The molecule has 2 aromatic heterocycles. The van der Waals surface area contributed by atoms with Gasteiger partial charge in [0.05, 0.1) is 12.6 Å². The van der Waals surface area contributed by atoms with E-state index in [1.807, 2.05) is 42.5 Å². The molecule has 118 valence electrons. The topological polar surface area (TPSA) is 48.3 Å². The van der Waals surface area contributed by atoms with Crippen molar-refractivity contribution in [3.63, 3.8) is 0 Å². The van der Waals surface area contributed by atoms with Crippen molar-refractivity contribution in [3.05, 3.63) is 71.1 Å². The Morgan fingerprint density at radius 2 is 1.67 bits per heavy atom. The number of hydrogen-bond donors (Lipinski definition) is 0. The first-order chi connectivity index (χ1) is 11.7. The van der Waals surface area contributed by atoms with Crippen LogP contribution in [0.1, 0.15) is 20.0 Å². The van der Waals surface area contributed by atoms with Crippen LogP contribution in [0, 0.1) is 0 Å². The molecule has 0 spiro atoms. The van der Waals surface area contributed by atoms with E-state index in [1.54, 1.807) is 22.8 Å². The molecule has 0 radical (unpaired) electrons. The van der Waals surface area contributed by atoms with Gasteiger partial charge in [0.25, 0.3) is 5.91 Å². The molecule has 2 aromatic carbocycles. The smallest absolute Gasteiger partial charge is 0.348 e. The number of ether oxygens (including phenoxy) is 1. The summed E-state index contributed by atoms with van der Waals surface area (Å²) >= 11 is 1.27. The van der Waals surface area contributed by atoms with Gasteiger partial charge < -0.3 is 4.74 Å². The van der Waals surface area contributed by atoms with Crippen molar-refractivity contribution in [1.29, 1.82) is 0 Å². The Hall–Kier alpha value is -2.92. The van der Waals surface area contributed by atoms with Crippen LogP contribution in [-0.4, -0.2) is 23.6 Å². The number of hydrogen-bond acceptors (Lipinski definition) is 4. The Labute approximate surface area is 141 Å². The van der Waals surface area contributed by atoms with E-state index >= 15 is 0 Å². The predicted molar refractivity (Wildman–Crippen MR) is 94.8 cm³/mol. The molecular weight excluding hydrogens is 322 g/mol. The number of aromatic nitrogens is 1. The Balaban J connectivity index is 2.02. The van der Waals surface area contributed by atoms with Crippen molar-refractivity contribution in [1.82, 2.24) is 4.57 Å². The number of nitrogens with zero attached hydrogens (tertiary/aromatic N) is 1. The van der Waals surface area contributed by atoms with Crippen molar-refractivity contribution < 1.29 is 14.3 Å². The monoisotopic (exact) mass is 335 g/mol. The van der Waals surface area contributed by atoms with Gasteiger partial charge in [-0.3, -0.25) is 9.36 Å². The number of para-hydroxylation sites is 1. The van der Waals surface area contributed by atoms with E-state index in [9.17, 15) is 9.59 Å². The van der Waals surface area contributed by atoms with Crippen LogP contribution in [0.2, 0.25) is 0 Å². The summed E-state index contributed by atoms with van der Waals surface area (Å²) in [5.74, 6) is -0.501. The molecule has 0 saturated carbocycles. The van der Waals surface area contributed by atoms with Gasteiger partial charge in [-0.25, -0.2) is 4.79 Å². The summed E-state index contributed by atoms with van der Waals surface area (Å²) in [6.45, 7) is 0. The van der Waals surface area contributed by atoms with E-state index < -0.39 is 0 Å². The average Bonchev–Trinajstić information content (AvgIpc) is 3.18. The SMILES string of the molecule is COC(=O)c1cc2c3ccccc3n(C(=O)c3ccccc3)c2s1. The highest BCUT2D eigenvalue weighted by Crippen LogP contribution is 2.35. The molecular formula is C19H13NO3S. The van der Waals surface area contributed by atoms with E-state index in [2.05, 4.69) is 0 Å². The van der Waals surface area contributed by atoms with Crippen LogP contribution in [0.3, 0.4) is 0 Å². The number of thiophene rings is 1. The van der Waals surface area contributed by atoms with Crippen LogP contribution in [0.25, 0.3) is 21.1 Å². The summed E-state index contributed by atoms with van der Waals surface area (Å²) < 4.78 is 6.49. The van der Waals surface area contributed by atoms with E-state index in [-0.39, 0.29) is 11.9 Å². The quantitative estimate of drug-likeness (QED) is 0.512. The number of carbonyl (C=O) groups is 2. The molecule has 0 N–H and O–H groups in total. The third-order valence-corrected chi connectivity index (χ3v) is 5.06. The summed E-state index contributed by atoms with van der Waals surface area (Å²) in [7, 11) is 1.36. The lowest BCUT2D eigenvalue weighted by atomic mass is 10.2. The summed E-state index contributed by atoms with van der Waals surface area (Å²) in [6, 6.07) is 18.6. The molecule has 0 amide bonds. The van der Waals surface area contributed by atoms with E-state index in [1.165, 1.54) is 18.4 Å². The summed E-state index contributed by atoms with van der Waals surface area (Å²) in [6.07, 6.45) is 0. The summed E-state index contributed by atoms with van der Waals surface area (Å²) in [5, 5.41) is 1.84. The normalized spacial score (nSPS) is 11.0. The second-order valence-electron chi connectivity index (χ2n) is 5.34. The summed E-state index contributed by atoms with van der Waals surface area (Å²) in [5.41, 5.74) is 1.44. The number of benzene rings is 2. The Bertz CT molecular complexity index is 1080. The fourth-order valence-electron chi connectivity index (χ4n) is 2.86. The van der Waals surface area contributed by atoms with Gasteiger partial charge in [-0.15, -0.1) is 11.3 Å². The Morgan fingerprint density at radius 1 is 0.958 bits per heavy atom. The van der Waals surface area contributed by atoms with Crippen LogP contribution in [0.4, 0.5) is 0 Å². The third kappa shape index (κ3) is 2.13. The lowest BCUT2D eigenvalue weighted by Crippen LogP contribution is -2.10. The molecule has 0 fully saturated rings. The minimum absolute atomic E-state index is 0.111. The number of methoxy groups -OCH3 is 1. The van der Waals surface area contributed by atoms with Crippen molar-refractivity contribution in [2.24, 2.45) is 0 Å². The molecule has 0 aliphatic rings. The first-order valence-electron chi connectivity index (χ1n) is 7.42. The van der Waals surface area contributed by atoms with Crippen molar-refractivity contribution >= 4 is 44.3 Å². The number of carbonyl (C=O) groups excluding carboxylic acids is 2. The lowest BCUT2D eigenvalue weighted by molar-refractivity contribution is 0.0606. The average molecular weight is 335 g/mol. The Morgan fingerprint density at radius 3 is 2.42 bits per heavy atom. The highest BCUT2D eigenvalue weighted by atomic mass is 32.1. The first kappa shape index (κ1) is 14.7. The zero-order valence-corrected chi connectivity index (χ0v) is 13.7. The van der Waals surface area contributed by atoms with Crippen LogP contribution in [0.5, 0.6) is 0 Å². The molecule has 0 bridgehead atoms. The Kier molecular flexibility index (Phi) is 3.43. The van der Waals surface area contributed by atoms with Gasteiger partial charge in [-0.2, -0.15) is 0 Å². The molecule has 4 rings (SSSR count). The zero-order chi connectivity index (χ0) is 16.7. The third-order valence-electron chi connectivity index (χ3n) is 3.96. The van der Waals surface area contributed by atoms with E-state index in [0.717, 1.165) is 21.1 Å². The molecule has 0 saturated heterocycles. The number of rotatable bonds is 2. The molecule has 2 heterocycles. The zero-order valence-electron chi connectivity index (χ0n) is 12.9. The molecule has 24 heavy (non-hydrogen) atoms. The maximum Gasteiger partial charge on any atom is 0.348 e. The van der Waals surface area contributed by atoms with Gasteiger partial charge in [0.1, 0.15) is 9.71 Å². The minimum Gasteiger partial charge on any atom is -0.465 e. The fourth-order valence-corrected chi connectivity index (χ4v) is 3.96. The highest BCUT2D eigenvalue weighted by molar-refractivity contribution is 7.20. The largest absolute Gasteiger partial charge is 0.465 e. The standard InChI is InChI=1S/C19H13NO3S/c1-23-19(22)16-11-14-13-9-5-6-10-15(13)20(18(14)24-16)17(21)12-7-3-2-4-8-12/h2-11H,1H3. The van der Waals surface area contributed by atoms with Crippen molar-refractivity contribution in [2.75, 3.05) is 7.11 Å². The first-order valence-corrected chi connectivity index (χ1v) is 8.23. The van der Waals surface area contributed by atoms with Crippen LogP contribution in [0.15, 0.2) is 60.7 Å². The van der Waals surface area contributed by atoms with Gasteiger partial charge in [0.15, 0.2) is 0 Å². The molecule has 4 aromatic rings. The molecule has 0 aliphatic carbocycles. The molecule has 0 unspecified atom stereocenters. The highest BCUT2D eigenvalue weighted by Gasteiger charge is 2.21. The van der Waals surface area contributed by atoms with Gasteiger partial charge in [0, 0.05) is 16.3 Å². The van der Waals surface area contributed by atoms with E-state index in [4.69, 9.17) is 4.74 Å². The second-order valence-corrected chi connectivity index (χ2v) is 6.38. The van der Waals surface area contributed by atoms with Gasteiger partial charge in [-0.05, 0) is 24.3 Å². The van der Waals surface area contributed by atoms with Gasteiger partial charge in [0.2, 0.25) is 0 Å². The fraction of sp³-hybridized carbons (Fsp3) is 0.0526. The predicted octanol–water partition coefficient (Wildman–Crippen LogP) is 4.33. The lowest BCUT2D eigenvalue weighted by Gasteiger charge is -2.05. The van der Waals surface area contributed by atoms with Crippen LogP contribution in [-0.2, 0) is 4.74 Å². The maximum absolute atomic E-state index is 13.0. The summed E-state index contributed by atoms with van der Waals surface area (Å²) in [4.78, 5) is 26.1. The second kappa shape index (κ2) is 5.62.